The van der Waals surface area contributed by atoms with Crippen LogP contribution in [0.1, 0.15) is 12.1 Å². The summed E-state index contributed by atoms with van der Waals surface area (Å²) in [4.78, 5) is 14.1. The molecule has 1 heterocycles. The van der Waals surface area contributed by atoms with E-state index in [2.05, 4.69) is 4.98 Å². The quantitative estimate of drug-likeness (QED) is 0.796. The number of esters is 1. The fraction of sp³-hybridized carbons (Fsp3) is 0.167. The molecule has 16 heavy (non-hydrogen) atoms. The molecular formula is C12H10N2O2. The Bertz CT molecular complexity index is 518. The van der Waals surface area contributed by atoms with E-state index in [0.717, 1.165) is 16.6 Å². The molecule has 0 atom stereocenters. The molecule has 1 aromatic carbocycles. The number of carbonyl (C=O) groups excluding carboxylic acids is 1. The molecule has 1 N–H and O–H groups in total. The lowest BCUT2D eigenvalue weighted by atomic mass is 10.2. The van der Waals surface area contributed by atoms with Crippen LogP contribution >= 0.6 is 0 Å². The predicted octanol–water partition coefficient (Wildman–Crippen LogP) is 2.12. The van der Waals surface area contributed by atoms with Crippen LogP contribution in [0.4, 0.5) is 0 Å². The number of benzene rings is 1. The molecule has 1 aromatic heterocycles. The summed E-state index contributed by atoms with van der Waals surface area (Å²) in [5, 5.41) is 9.37. The number of rotatable bonds is 3. The van der Waals surface area contributed by atoms with Crippen molar-refractivity contribution in [2.45, 2.75) is 13.0 Å². The summed E-state index contributed by atoms with van der Waals surface area (Å²) in [6.45, 7) is 0.176. The fourth-order valence-corrected chi connectivity index (χ4v) is 1.49. The summed E-state index contributed by atoms with van der Waals surface area (Å²) in [5.74, 6) is -0.499. The van der Waals surface area contributed by atoms with Gasteiger partial charge in [0.1, 0.15) is 13.0 Å². The van der Waals surface area contributed by atoms with Gasteiger partial charge >= 0.3 is 5.97 Å². The second-order valence-corrected chi connectivity index (χ2v) is 3.38. The number of nitrogens with one attached hydrogen (secondary N) is 1. The molecule has 4 heteroatoms. The van der Waals surface area contributed by atoms with Crippen molar-refractivity contribution in [1.82, 2.24) is 4.98 Å². The molecule has 0 aliphatic carbocycles. The number of hydrogen-bond donors (Lipinski definition) is 1. The second-order valence-electron chi connectivity index (χ2n) is 3.38. The Morgan fingerprint density at radius 3 is 3.00 bits per heavy atom. The first-order valence-corrected chi connectivity index (χ1v) is 4.89. The zero-order valence-electron chi connectivity index (χ0n) is 8.56. The summed E-state index contributed by atoms with van der Waals surface area (Å²) in [6, 6.07) is 11.5. The molecule has 0 fully saturated rings. The Hall–Kier alpha value is -2.28. The molecule has 0 unspecified atom stereocenters. The van der Waals surface area contributed by atoms with Gasteiger partial charge in [-0.05, 0) is 17.5 Å². The molecule has 0 aliphatic heterocycles. The molecule has 0 aliphatic rings. The third-order valence-electron chi connectivity index (χ3n) is 2.20. The Kier molecular flexibility index (Phi) is 2.88. The minimum atomic E-state index is -0.499. The average Bonchev–Trinajstić information content (AvgIpc) is 2.69. The van der Waals surface area contributed by atoms with Crippen LogP contribution in [0.5, 0.6) is 0 Å². The predicted molar refractivity (Wildman–Crippen MR) is 58.3 cm³/mol. The lowest BCUT2D eigenvalue weighted by molar-refractivity contribution is -0.143. The molecule has 0 bridgehead atoms. The van der Waals surface area contributed by atoms with Crippen LogP contribution in [0.15, 0.2) is 30.3 Å². The van der Waals surface area contributed by atoms with Crippen LogP contribution in [0.3, 0.4) is 0 Å². The molecule has 0 radical (unpaired) electrons. The number of nitriles is 1. The van der Waals surface area contributed by atoms with Crippen molar-refractivity contribution >= 4 is 16.9 Å². The van der Waals surface area contributed by atoms with Gasteiger partial charge in [0, 0.05) is 5.52 Å². The van der Waals surface area contributed by atoms with E-state index >= 15 is 0 Å². The highest BCUT2D eigenvalue weighted by atomic mass is 16.5. The van der Waals surface area contributed by atoms with Crippen LogP contribution in [-0.2, 0) is 16.1 Å². The highest BCUT2D eigenvalue weighted by molar-refractivity contribution is 5.80. The lowest BCUT2D eigenvalue weighted by Crippen LogP contribution is -2.03. The second kappa shape index (κ2) is 4.49. The van der Waals surface area contributed by atoms with Gasteiger partial charge in [-0.25, -0.2) is 0 Å². The van der Waals surface area contributed by atoms with Crippen LogP contribution < -0.4 is 0 Å². The third kappa shape index (κ3) is 2.20. The smallest absolute Gasteiger partial charge is 0.320 e. The van der Waals surface area contributed by atoms with Crippen molar-refractivity contribution in [2.75, 3.05) is 0 Å². The Morgan fingerprint density at radius 1 is 1.44 bits per heavy atom. The van der Waals surface area contributed by atoms with Gasteiger partial charge in [-0.3, -0.25) is 4.79 Å². The number of hydrogen-bond acceptors (Lipinski definition) is 3. The first kappa shape index (κ1) is 10.2. The van der Waals surface area contributed by atoms with E-state index in [1.54, 1.807) is 6.07 Å². The van der Waals surface area contributed by atoms with Crippen molar-refractivity contribution in [3.63, 3.8) is 0 Å². The topological polar surface area (TPSA) is 65.9 Å². The van der Waals surface area contributed by atoms with E-state index in [1.165, 1.54) is 0 Å². The summed E-state index contributed by atoms with van der Waals surface area (Å²) >= 11 is 0. The maximum Gasteiger partial charge on any atom is 0.320 e. The summed E-state index contributed by atoms with van der Waals surface area (Å²) in [7, 11) is 0. The van der Waals surface area contributed by atoms with Crippen molar-refractivity contribution in [3.05, 3.63) is 36.0 Å². The molecular weight excluding hydrogens is 204 g/mol. The Balaban J connectivity index is 2.05. The molecule has 0 amide bonds. The van der Waals surface area contributed by atoms with Crippen molar-refractivity contribution < 1.29 is 9.53 Å². The zero-order valence-corrected chi connectivity index (χ0v) is 8.56. The number of fused-ring (bicyclic) bond motifs is 1. The molecule has 2 rings (SSSR count). The lowest BCUT2D eigenvalue weighted by Gasteiger charge is -1.98. The molecule has 80 valence electrons. The maximum absolute atomic E-state index is 11.0. The highest BCUT2D eigenvalue weighted by Crippen LogP contribution is 2.15. The minimum absolute atomic E-state index is 0.176. The highest BCUT2D eigenvalue weighted by Gasteiger charge is 2.04. The van der Waals surface area contributed by atoms with E-state index in [1.807, 2.05) is 30.3 Å². The number of nitrogens with zero attached hydrogens (tertiary/aromatic N) is 1. The Morgan fingerprint density at radius 2 is 2.25 bits per heavy atom. The molecule has 0 saturated heterocycles. The Labute approximate surface area is 92.4 Å². The van der Waals surface area contributed by atoms with Crippen LogP contribution in [0.2, 0.25) is 0 Å². The van der Waals surface area contributed by atoms with Gasteiger partial charge in [0.05, 0.1) is 11.8 Å². The normalized spacial score (nSPS) is 9.94. The number of aromatic amines is 1. The number of aromatic nitrogens is 1. The molecule has 0 spiro atoms. The summed E-state index contributed by atoms with van der Waals surface area (Å²) < 4.78 is 4.91. The van der Waals surface area contributed by atoms with Crippen molar-refractivity contribution in [2.24, 2.45) is 0 Å². The molecule has 4 nitrogen and oxygen atoms in total. The van der Waals surface area contributed by atoms with Gasteiger partial charge in [-0.2, -0.15) is 5.26 Å². The number of ether oxygens (including phenoxy) is 1. The van der Waals surface area contributed by atoms with Crippen LogP contribution in [0, 0.1) is 11.3 Å². The first-order valence-electron chi connectivity index (χ1n) is 4.89. The van der Waals surface area contributed by atoms with E-state index in [-0.39, 0.29) is 13.0 Å². The third-order valence-corrected chi connectivity index (χ3v) is 2.20. The monoisotopic (exact) mass is 214 g/mol. The maximum atomic E-state index is 11.0. The standard InChI is InChI=1S/C12H10N2O2/c13-6-5-12(15)16-8-10-7-9-3-1-2-4-11(9)14-10/h1-4,7,14H,5,8H2. The van der Waals surface area contributed by atoms with Gasteiger partial charge in [-0.1, -0.05) is 18.2 Å². The fourth-order valence-electron chi connectivity index (χ4n) is 1.49. The zero-order chi connectivity index (χ0) is 11.4. The van der Waals surface area contributed by atoms with Gasteiger partial charge in [0.15, 0.2) is 0 Å². The number of para-hydroxylation sites is 1. The minimum Gasteiger partial charge on any atom is -0.458 e. The first-order chi connectivity index (χ1) is 7.79. The number of carbonyl (C=O) groups is 1. The van der Waals surface area contributed by atoms with Crippen LogP contribution in [-0.4, -0.2) is 11.0 Å². The van der Waals surface area contributed by atoms with Gasteiger partial charge in [0.2, 0.25) is 0 Å². The average molecular weight is 214 g/mol. The molecule has 0 saturated carbocycles. The summed E-state index contributed by atoms with van der Waals surface area (Å²) in [6.07, 6.45) is -0.208. The van der Waals surface area contributed by atoms with E-state index in [9.17, 15) is 4.79 Å². The van der Waals surface area contributed by atoms with Gasteiger partial charge in [-0.15, -0.1) is 0 Å². The summed E-state index contributed by atoms with van der Waals surface area (Å²) in [5.41, 5.74) is 1.83. The van der Waals surface area contributed by atoms with Gasteiger partial charge in [0.25, 0.3) is 0 Å². The van der Waals surface area contributed by atoms with Crippen molar-refractivity contribution in [1.29, 1.82) is 5.26 Å². The van der Waals surface area contributed by atoms with E-state index in [4.69, 9.17) is 10.00 Å². The van der Waals surface area contributed by atoms with E-state index in [0.29, 0.717) is 0 Å². The largest absolute Gasteiger partial charge is 0.458 e. The number of H-pyrrole nitrogens is 1. The molecule has 2 aromatic rings. The SMILES string of the molecule is N#CCC(=O)OCc1cc2ccccc2[nH]1. The van der Waals surface area contributed by atoms with E-state index < -0.39 is 5.97 Å². The van der Waals surface area contributed by atoms with Crippen molar-refractivity contribution in [3.8, 4) is 6.07 Å². The van der Waals surface area contributed by atoms with Crippen LogP contribution in [0.25, 0.3) is 10.9 Å². The van der Waals surface area contributed by atoms with Gasteiger partial charge < -0.3 is 9.72 Å².